The molecule has 1 heterocycles. The fourth-order valence-corrected chi connectivity index (χ4v) is 9.79. The van der Waals surface area contributed by atoms with Gasteiger partial charge in [0.25, 0.3) is 0 Å². The Morgan fingerprint density at radius 3 is 2.63 bits per heavy atom. The third-order valence-electron chi connectivity index (χ3n) is 11.7. The number of aliphatic hydroxyl groups is 3. The second-order valence-corrected chi connectivity index (χ2v) is 13.7. The highest BCUT2D eigenvalue weighted by molar-refractivity contribution is 6.01. The Morgan fingerprint density at radius 1 is 1.07 bits per heavy atom. The molecular formula is C36H40O7. The topological polar surface area (TPSA) is 113 Å². The summed E-state index contributed by atoms with van der Waals surface area (Å²) in [5, 5.41) is 31.9. The normalized spacial score (nSPS) is 39.5. The van der Waals surface area contributed by atoms with Gasteiger partial charge >= 0.3 is 0 Å². The number of hydrogen-bond donors (Lipinski definition) is 3. The second-order valence-electron chi connectivity index (χ2n) is 13.7. The minimum Gasteiger partial charge on any atom is -0.393 e. The molecule has 1 saturated heterocycles. The first-order chi connectivity index (χ1) is 20.6. The van der Waals surface area contributed by atoms with Gasteiger partial charge in [-0.15, -0.1) is 0 Å². The van der Waals surface area contributed by atoms with Crippen molar-refractivity contribution in [3.05, 3.63) is 94.6 Å². The molecule has 4 aliphatic carbocycles. The maximum absolute atomic E-state index is 13.8. The van der Waals surface area contributed by atoms with Crippen molar-refractivity contribution in [1.82, 2.24) is 0 Å². The third-order valence-corrected chi connectivity index (χ3v) is 11.7. The fraction of sp³-hybridized carbons (Fsp3) is 0.500. The first-order valence-corrected chi connectivity index (χ1v) is 15.5. The Morgan fingerprint density at radius 2 is 1.86 bits per heavy atom. The number of rotatable bonds is 6. The molecule has 0 unspecified atom stereocenters. The molecule has 0 aromatic heterocycles. The van der Waals surface area contributed by atoms with E-state index in [1.54, 1.807) is 12.2 Å². The van der Waals surface area contributed by atoms with Gasteiger partial charge in [-0.25, -0.2) is 0 Å². The van der Waals surface area contributed by atoms with Gasteiger partial charge in [0.1, 0.15) is 6.61 Å². The Kier molecular flexibility index (Phi) is 6.91. The number of benzene rings is 2. The van der Waals surface area contributed by atoms with Crippen LogP contribution in [0.5, 0.6) is 0 Å². The van der Waals surface area contributed by atoms with E-state index >= 15 is 0 Å². The molecule has 4 fully saturated rings. The second kappa shape index (κ2) is 10.3. The number of fused-ring (bicyclic) bond motifs is 7. The maximum Gasteiger partial charge on any atom is 0.193 e. The van der Waals surface area contributed by atoms with Gasteiger partial charge in [0.05, 0.1) is 18.8 Å². The van der Waals surface area contributed by atoms with E-state index < -0.39 is 47.3 Å². The van der Waals surface area contributed by atoms with Crippen molar-refractivity contribution in [2.75, 3.05) is 6.61 Å². The smallest absolute Gasteiger partial charge is 0.193 e. The third kappa shape index (κ3) is 4.12. The van der Waals surface area contributed by atoms with E-state index in [0.717, 1.165) is 40.7 Å². The minimum absolute atomic E-state index is 0.00141. The zero-order valence-corrected chi connectivity index (χ0v) is 24.7. The molecule has 226 valence electrons. The van der Waals surface area contributed by atoms with Gasteiger partial charge in [0.15, 0.2) is 23.5 Å². The molecule has 3 saturated carbocycles. The molecule has 3 N–H and O–H groups in total. The molecule has 1 aliphatic heterocycles. The lowest BCUT2D eigenvalue weighted by Crippen LogP contribution is -2.63. The molecule has 5 aliphatic rings. The number of carbonyl (C=O) groups is 2. The van der Waals surface area contributed by atoms with Crippen LogP contribution in [0, 0.1) is 28.6 Å². The standard InChI is InChI=1S/C36H40O7/c1-34-13-12-26(39)16-25(34)10-11-27-28-17-31-36(30(41)20-38,35(28,2)18-29(40)32(27)34)43-33(42-31)23-9-5-6-21(15-23)14-22-7-3-4-8-24(22)19-37/h3-9,12-13,15-16,27-29,31-33,37-38,40H,10-11,14,17-20H2,1-2H3/t27-,28-,29-,31+,32+,33+,34-,35-,36+/m0/s1. The monoisotopic (exact) mass is 584 g/mol. The van der Waals surface area contributed by atoms with E-state index in [4.69, 9.17) is 9.47 Å². The molecule has 0 bridgehead atoms. The Hall–Kier alpha value is -2.94. The number of carbonyl (C=O) groups excluding carboxylic acids is 2. The number of Topliss-reactive ketones (excluding diaryl/α,β-unsaturated/α-hetero) is 1. The summed E-state index contributed by atoms with van der Waals surface area (Å²) in [5.41, 5.74) is 2.30. The van der Waals surface area contributed by atoms with Crippen LogP contribution in [0.2, 0.25) is 0 Å². The van der Waals surface area contributed by atoms with Crippen molar-refractivity contribution < 1.29 is 34.4 Å². The summed E-state index contributed by atoms with van der Waals surface area (Å²) in [6.07, 6.45) is 6.47. The van der Waals surface area contributed by atoms with E-state index in [1.807, 2.05) is 61.5 Å². The molecule has 0 radical (unpaired) electrons. The predicted octanol–water partition coefficient (Wildman–Crippen LogP) is 4.37. The van der Waals surface area contributed by atoms with Crippen molar-refractivity contribution in [3.8, 4) is 0 Å². The molecule has 0 amide bonds. The quantitative estimate of drug-likeness (QED) is 0.462. The maximum atomic E-state index is 13.8. The van der Waals surface area contributed by atoms with Crippen LogP contribution < -0.4 is 0 Å². The molecule has 2 aromatic carbocycles. The molecule has 7 nitrogen and oxygen atoms in total. The van der Waals surface area contributed by atoms with Crippen LogP contribution in [0.3, 0.4) is 0 Å². The van der Waals surface area contributed by atoms with Crippen molar-refractivity contribution >= 4 is 11.6 Å². The molecule has 7 heteroatoms. The van der Waals surface area contributed by atoms with E-state index in [-0.39, 0.29) is 30.1 Å². The van der Waals surface area contributed by atoms with Crippen LogP contribution >= 0.6 is 0 Å². The summed E-state index contributed by atoms with van der Waals surface area (Å²) < 4.78 is 13.4. The highest BCUT2D eigenvalue weighted by Crippen LogP contribution is 2.70. The largest absolute Gasteiger partial charge is 0.393 e. The number of ether oxygens (including phenoxy) is 2. The molecule has 9 atom stereocenters. The first-order valence-electron chi connectivity index (χ1n) is 15.5. The Balaban J connectivity index is 1.21. The average Bonchev–Trinajstić information content (AvgIpc) is 3.50. The minimum atomic E-state index is -1.38. The van der Waals surface area contributed by atoms with Crippen LogP contribution in [-0.2, 0) is 32.1 Å². The lowest BCUT2D eigenvalue weighted by atomic mass is 9.46. The summed E-state index contributed by atoms with van der Waals surface area (Å²) in [6.45, 7) is 3.49. The van der Waals surface area contributed by atoms with Gasteiger partial charge in [-0.05, 0) is 72.8 Å². The average molecular weight is 585 g/mol. The zero-order valence-electron chi connectivity index (χ0n) is 24.7. The van der Waals surface area contributed by atoms with Gasteiger partial charge in [-0.2, -0.15) is 0 Å². The van der Waals surface area contributed by atoms with Crippen molar-refractivity contribution in [3.63, 3.8) is 0 Å². The van der Waals surface area contributed by atoms with Gasteiger partial charge in [-0.1, -0.05) is 74.0 Å². The van der Waals surface area contributed by atoms with Crippen molar-refractivity contribution in [1.29, 1.82) is 0 Å². The summed E-state index contributed by atoms with van der Waals surface area (Å²) in [5.74, 6) is -0.311. The lowest BCUT2D eigenvalue weighted by molar-refractivity contribution is -0.201. The number of allylic oxidation sites excluding steroid dienone is 4. The lowest BCUT2D eigenvalue weighted by Gasteiger charge is -2.59. The number of hydrogen-bond acceptors (Lipinski definition) is 7. The van der Waals surface area contributed by atoms with E-state index in [0.29, 0.717) is 19.3 Å². The molecule has 43 heavy (non-hydrogen) atoms. The number of ketones is 2. The summed E-state index contributed by atoms with van der Waals surface area (Å²) in [7, 11) is 0. The van der Waals surface area contributed by atoms with E-state index in [9.17, 15) is 24.9 Å². The van der Waals surface area contributed by atoms with Gasteiger partial charge < -0.3 is 24.8 Å². The van der Waals surface area contributed by atoms with Crippen LogP contribution in [0.25, 0.3) is 0 Å². The van der Waals surface area contributed by atoms with Gasteiger partial charge in [0, 0.05) is 22.3 Å². The number of aliphatic hydroxyl groups excluding tert-OH is 3. The SMILES string of the molecule is C[C@]12C=CC(=O)C=C1CC[C@@H]1[C@@H]2[C@@H](O)C[C@@]2(C)[C@H]1C[C@H]1O[C@@H](c3cccc(Cc4ccccc4CO)c3)O[C@]12C(=O)CO. The first kappa shape index (κ1) is 28.8. The van der Waals surface area contributed by atoms with E-state index in [1.165, 1.54) is 0 Å². The van der Waals surface area contributed by atoms with Gasteiger partial charge in [0.2, 0.25) is 0 Å². The summed E-state index contributed by atoms with van der Waals surface area (Å²) in [6, 6.07) is 15.7. The zero-order chi connectivity index (χ0) is 30.1. The van der Waals surface area contributed by atoms with Crippen LogP contribution in [0.15, 0.2) is 72.3 Å². The Bertz CT molecular complexity index is 1530. The molecular weight excluding hydrogens is 544 g/mol. The van der Waals surface area contributed by atoms with Crippen molar-refractivity contribution in [2.24, 2.45) is 28.6 Å². The summed E-state index contributed by atoms with van der Waals surface area (Å²) in [4.78, 5) is 26.0. The van der Waals surface area contributed by atoms with Crippen LogP contribution in [-0.4, -0.2) is 51.3 Å². The van der Waals surface area contributed by atoms with Crippen LogP contribution in [0.1, 0.15) is 68.1 Å². The molecule has 0 spiro atoms. The highest BCUT2D eigenvalue weighted by atomic mass is 16.7. The van der Waals surface area contributed by atoms with E-state index in [2.05, 4.69) is 6.92 Å². The highest BCUT2D eigenvalue weighted by Gasteiger charge is 2.75. The molecule has 2 aromatic rings. The fourth-order valence-electron chi connectivity index (χ4n) is 9.79. The van der Waals surface area contributed by atoms with Crippen LogP contribution in [0.4, 0.5) is 0 Å². The van der Waals surface area contributed by atoms with Gasteiger partial charge in [-0.3, -0.25) is 9.59 Å². The Labute approximate surface area is 252 Å². The molecule has 7 rings (SSSR count). The summed E-state index contributed by atoms with van der Waals surface area (Å²) >= 11 is 0. The van der Waals surface area contributed by atoms with Crippen molar-refractivity contribution in [2.45, 2.75) is 76.7 Å². The predicted molar refractivity (Wildman–Crippen MR) is 159 cm³/mol.